The zero-order valence-corrected chi connectivity index (χ0v) is 15.5. The van der Waals surface area contributed by atoms with Gasteiger partial charge in [-0.15, -0.1) is 0 Å². The highest BCUT2D eigenvalue weighted by molar-refractivity contribution is 7.92. The van der Waals surface area contributed by atoms with E-state index in [1.807, 2.05) is 0 Å². The fraction of sp³-hybridized carbons (Fsp3) is 0.222. The molecule has 26 heavy (non-hydrogen) atoms. The first-order valence-electron chi connectivity index (χ1n) is 7.83. The van der Waals surface area contributed by atoms with Crippen molar-refractivity contribution < 1.29 is 22.7 Å². The Morgan fingerprint density at radius 2 is 1.92 bits per heavy atom. The van der Waals surface area contributed by atoms with Gasteiger partial charge in [-0.1, -0.05) is 23.7 Å². The summed E-state index contributed by atoms with van der Waals surface area (Å²) in [4.78, 5) is 24.3. The fourth-order valence-corrected chi connectivity index (χ4v) is 3.98. The number of fused-ring (bicyclic) bond motifs is 1. The number of ketones is 1. The summed E-state index contributed by atoms with van der Waals surface area (Å²) in [5.74, 6) is -1.04. The van der Waals surface area contributed by atoms with Crippen LogP contribution in [0.3, 0.4) is 0 Å². The van der Waals surface area contributed by atoms with E-state index in [2.05, 4.69) is 0 Å². The number of esters is 1. The minimum absolute atomic E-state index is 0.194. The van der Waals surface area contributed by atoms with E-state index in [1.54, 1.807) is 30.3 Å². The Balaban J connectivity index is 1.70. The van der Waals surface area contributed by atoms with Crippen LogP contribution in [-0.2, 0) is 21.2 Å². The zero-order chi connectivity index (χ0) is 18.9. The molecule has 0 saturated carbocycles. The maximum absolute atomic E-state index is 12.3. The molecule has 8 heteroatoms. The van der Waals surface area contributed by atoms with Crippen LogP contribution >= 0.6 is 11.6 Å². The number of sulfonamides is 1. The Labute approximate surface area is 156 Å². The van der Waals surface area contributed by atoms with Crippen LogP contribution in [0.25, 0.3) is 0 Å². The maximum atomic E-state index is 12.3. The molecule has 0 aliphatic carbocycles. The lowest BCUT2D eigenvalue weighted by Crippen LogP contribution is -2.27. The van der Waals surface area contributed by atoms with Crippen molar-refractivity contribution in [2.24, 2.45) is 0 Å². The molecule has 0 aromatic heterocycles. The van der Waals surface area contributed by atoms with Gasteiger partial charge in [0.2, 0.25) is 10.0 Å². The second-order valence-corrected chi connectivity index (χ2v) is 8.22. The molecule has 1 heterocycles. The van der Waals surface area contributed by atoms with Crippen molar-refractivity contribution in [2.45, 2.75) is 6.42 Å². The van der Waals surface area contributed by atoms with Gasteiger partial charge in [0, 0.05) is 12.1 Å². The van der Waals surface area contributed by atoms with Crippen LogP contribution in [0.2, 0.25) is 5.02 Å². The number of Topliss-reactive ketones (excluding diaryl/α,β-unsaturated/α-hetero) is 1. The molecule has 2 aromatic rings. The third-order valence-corrected chi connectivity index (χ3v) is 5.59. The number of hydrogen-bond donors (Lipinski definition) is 0. The highest BCUT2D eigenvalue weighted by Crippen LogP contribution is 2.30. The van der Waals surface area contributed by atoms with Gasteiger partial charge in [0.05, 0.1) is 22.5 Å². The molecule has 0 amide bonds. The highest BCUT2D eigenvalue weighted by Gasteiger charge is 2.27. The van der Waals surface area contributed by atoms with Crippen molar-refractivity contribution >= 4 is 39.1 Å². The molecule has 0 unspecified atom stereocenters. The summed E-state index contributed by atoms with van der Waals surface area (Å²) < 4.78 is 29.8. The lowest BCUT2D eigenvalue weighted by atomic mass is 10.1. The first-order chi connectivity index (χ1) is 12.3. The third kappa shape index (κ3) is 3.73. The van der Waals surface area contributed by atoms with Crippen LogP contribution in [-0.4, -0.2) is 39.6 Å². The second-order valence-electron chi connectivity index (χ2n) is 5.91. The van der Waals surface area contributed by atoms with Crippen LogP contribution < -0.4 is 4.31 Å². The van der Waals surface area contributed by atoms with Gasteiger partial charge < -0.3 is 4.74 Å². The molecule has 3 rings (SSSR count). The predicted octanol–water partition coefficient (Wildman–Crippen LogP) is 2.70. The number of anilines is 1. The predicted molar refractivity (Wildman–Crippen MR) is 98.4 cm³/mol. The van der Waals surface area contributed by atoms with E-state index in [1.165, 1.54) is 16.4 Å². The maximum Gasteiger partial charge on any atom is 0.340 e. The standard InChI is InChI=1S/C18H16ClNO5S/c1-26(23,24)20-9-8-12-10-13(6-7-16(12)20)17(21)11-25-18(22)14-4-2-3-5-15(14)19/h2-7,10H,8-9,11H2,1H3. The quantitative estimate of drug-likeness (QED) is 0.576. The number of benzene rings is 2. The normalized spacial score (nSPS) is 13.4. The summed E-state index contributed by atoms with van der Waals surface area (Å²) in [6, 6.07) is 11.2. The molecule has 136 valence electrons. The summed E-state index contributed by atoms with van der Waals surface area (Å²) in [5, 5.41) is 0.253. The summed E-state index contributed by atoms with van der Waals surface area (Å²) in [7, 11) is -3.34. The van der Waals surface area contributed by atoms with Crippen LogP contribution in [0.4, 0.5) is 5.69 Å². The van der Waals surface area contributed by atoms with Crippen LogP contribution in [0.5, 0.6) is 0 Å². The topological polar surface area (TPSA) is 80.8 Å². The van der Waals surface area contributed by atoms with Crippen molar-refractivity contribution in [2.75, 3.05) is 23.7 Å². The molecule has 0 spiro atoms. The SMILES string of the molecule is CS(=O)(=O)N1CCc2cc(C(=O)COC(=O)c3ccccc3Cl)ccc21. The van der Waals surface area contributed by atoms with Gasteiger partial charge in [0.15, 0.2) is 12.4 Å². The molecule has 2 aromatic carbocycles. The minimum Gasteiger partial charge on any atom is -0.454 e. The number of hydrogen-bond acceptors (Lipinski definition) is 5. The van der Waals surface area contributed by atoms with E-state index in [0.717, 1.165) is 11.8 Å². The van der Waals surface area contributed by atoms with Gasteiger partial charge in [0.1, 0.15) is 0 Å². The van der Waals surface area contributed by atoms with Crippen molar-refractivity contribution in [1.29, 1.82) is 0 Å². The summed E-state index contributed by atoms with van der Waals surface area (Å²) in [5.41, 5.74) is 1.92. The van der Waals surface area contributed by atoms with Crippen LogP contribution in [0.1, 0.15) is 26.3 Å². The van der Waals surface area contributed by atoms with E-state index < -0.39 is 22.6 Å². The first kappa shape index (κ1) is 18.4. The Bertz CT molecular complexity index is 987. The number of carbonyl (C=O) groups excluding carboxylic acids is 2. The summed E-state index contributed by atoms with van der Waals surface area (Å²) in [6.45, 7) is -0.0636. The second kappa shape index (κ2) is 7.09. The molecule has 6 nitrogen and oxygen atoms in total. The van der Waals surface area contributed by atoms with Crippen molar-refractivity contribution in [1.82, 2.24) is 0 Å². The van der Waals surface area contributed by atoms with Crippen molar-refractivity contribution in [3.8, 4) is 0 Å². The first-order valence-corrected chi connectivity index (χ1v) is 10.1. The van der Waals surface area contributed by atoms with E-state index in [-0.39, 0.29) is 16.4 Å². The lowest BCUT2D eigenvalue weighted by Gasteiger charge is -2.16. The van der Waals surface area contributed by atoms with E-state index >= 15 is 0 Å². The molecule has 1 aliphatic heterocycles. The average Bonchev–Trinajstić information content (AvgIpc) is 3.03. The number of halogens is 1. The summed E-state index contributed by atoms with van der Waals surface area (Å²) in [6.07, 6.45) is 1.68. The van der Waals surface area contributed by atoms with Gasteiger partial charge in [-0.3, -0.25) is 9.10 Å². The summed E-state index contributed by atoms with van der Waals surface area (Å²) >= 11 is 5.93. The van der Waals surface area contributed by atoms with E-state index in [4.69, 9.17) is 16.3 Å². The minimum atomic E-state index is -3.34. The molecule has 0 N–H and O–H groups in total. The van der Waals surface area contributed by atoms with Gasteiger partial charge in [-0.25, -0.2) is 13.2 Å². The van der Waals surface area contributed by atoms with Gasteiger partial charge in [0.25, 0.3) is 0 Å². The average molecular weight is 394 g/mol. The smallest absolute Gasteiger partial charge is 0.340 e. The Morgan fingerprint density at radius 3 is 2.62 bits per heavy atom. The lowest BCUT2D eigenvalue weighted by molar-refractivity contribution is 0.0475. The molecule has 0 fully saturated rings. The van der Waals surface area contributed by atoms with Crippen molar-refractivity contribution in [3.05, 3.63) is 64.2 Å². The molecular formula is C18H16ClNO5S. The Kier molecular flexibility index (Phi) is 5.02. The van der Waals surface area contributed by atoms with Crippen molar-refractivity contribution in [3.63, 3.8) is 0 Å². The molecule has 0 bridgehead atoms. The number of rotatable bonds is 5. The van der Waals surface area contributed by atoms with Gasteiger partial charge in [-0.2, -0.15) is 0 Å². The largest absolute Gasteiger partial charge is 0.454 e. The van der Waals surface area contributed by atoms with Gasteiger partial charge in [-0.05, 0) is 42.3 Å². The molecule has 1 aliphatic rings. The van der Waals surface area contributed by atoms with E-state index in [0.29, 0.717) is 24.2 Å². The van der Waals surface area contributed by atoms with Crippen LogP contribution in [0, 0.1) is 0 Å². The zero-order valence-electron chi connectivity index (χ0n) is 13.9. The molecule has 0 radical (unpaired) electrons. The number of ether oxygens (including phenoxy) is 1. The molecule has 0 saturated heterocycles. The highest BCUT2D eigenvalue weighted by atomic mass is 35.5. The van der Waals surface area contributed by atoms with E-state index in [9.17, 15) is 18.0 Å². The Morgan fingerprint density at radius 1 is 1.19 bits per heavy atom. The molecule has 0 atom stereocenters. The fourth-order valence-electron chi connectivity index (χ4n) is 2.81. The van der Waals surface area contributed by atoms with Crippen LogP contribution in [0.15, 0.2) is 42.5 Å². The Hall–Kier alpha value is -2.38. The molecular weight excluding hydrogens is 378 g/mol. The number of carbonyl (C=O) groups is 2. The van der Waals surface area contributed by atoms with Gasteiger partial charge >= 0.3 is 5.97 Å². The third-order valence-electron chi connectivity index (χ3n) is 4.08. The number of nitrogens with zero attached hydrogens (tertiary/aromatic N) is 1. The monoisotopic (exact) mass is 393 g/mol.